The van der Waals surface area contributed by atoms with Crippen LogP contribution in [0.4, 0.5) is 13.6 Å². The molecule has 1 rings (SSSR count). The summed E-state index contributed by atoms with van der Waals surface area (Å²) in [7, 11) is 0. The van der Waals surface area contributed by atoms with Crippen molar-refractivity contribution < 1.29 is 23.5 Å². The molecule has 21 heavy (non-hydrogen) atoms. The maximum Gasteiger partial charge on any atom is 0.329 e. The first kappa shape index (κ1) is 16.9. The highest BCUT2D eigenvalue weighted by Gasteiger charge is 2.33. The number of halogens is 2. The van der Waals surface area contributed by atoms with Gasteiger partial charge < -0.3 is 15.7 Å². The quantitative estimate of drug-likeness (QED) is 0.755. The van der Waals surface area contributed by atoms with Gasteiger partial charge >= 0.3 is 12.0 Å². The molecule has 0 spiro atoms. The standard InChI is InChI=1S/C14H18F2N2O3/c1-3-6-14(2,12(19)20)18-13(21)17-8-9-4-5-10(15)11(16)7-9/h4-5,7H,3,6,8H2,1-2H3,(H,19,20)(H2,17,18,21). The summed E-state index contributed by atoms with van der Waals surface area (Å²) in [6, 6.07) is 2.58. The number of nitrogens with one attached hydrogen (secondary N) is 2. The van der Waals surface area contributed by atoms with E-state index in [1.165, 1.54) is 13.0 Å². The molecule has 1 aromatic rings. The molecule has 0 fully saturated rings. The van der Waals surface area contributed by atoms with E-state index in [0.29, 0.717) is 12.0 Å². The van der Waals surface area contributed by atoms with Crippen LogP contribution < -0.4 is 10.6 Å². The van der Waals surface area contributed by atoms with Crippen molar-refractivity contribution in [2.45, 2.75) is 38.8 Å². The van der Waals surface area contributed by atoms with Crippen molar-refractivity contribution in [2.75, 3.05) is 0 Å². The second kappa shape index (κ2) is 7.01. The van der Waals surface area contributed by atoms with Gasteiger partial charge in [-0.15, -0.1) is 0 Å². The number of hydrogen-bond donors (Lipinski definition) is 3. The summed E-state index contributed by atoms with van der Waals surface area (Å²) in [4.78, 5) is 22.9. The lowest BCUT2D eigenvalue weighted by molar-refractivity contribution is -0.144. The summed E-state index contributed by atoms with van der Waals surface area (Å²) >= 11 is 0. The van der Waals surface area contributed by atoms with E-state index in [4.69, 9.17) is 5.11 Å². The number of rotatable bonds is 6. The Balaban J connectivity index is 2.60. The highest BCUT2D eigenvalue weighted by atomic mass is 19.2. The van der Waals surface area contributed by atoms with Crippen LogP contribution >= 0.6 is 0 Å². The minimum atomic E-state index is -1.37. The van der Waals surface area contributed by atoms with E-state index in [2.05, 4.69) is 10.6 Å². The van der Waals surface area contributed by atoms with Crippen LogP contribution in [-0.4, -0.2) is 22.6 Å². The summed E-state index contributed by atoms with van der Waals surface area (Å²) in [6.45, 7) is 3.18. The Morgan fingerprint density at radius 2 is 1.95 bits per heavy atom. The SMILES string of the molecule is CCCC(C)(NC(=O)NCc1ccc(F)c(F)c1)C(=O)O. The second-order valence-corrected chi connectivity index (χ2v) is 4.94. The van der Waals surface area contributed by atoms with Crippen molar-refractivity contribution in [1.82, 2.24) is 10.6 Å². The van der Waals surface area contributed by atoms with Crippen LogP contribution in [0.1, 0.15) is 32.3 Å². The molecular weight excluding hydrogens is 282 g/mol. The molecule has 0 saturated carbocycles. The first-order valence-electron chi connectivity index (χ1n) is 6.52. The predicted octanol–water partition coefficient (Wildman–Crippen LogP) is 2.41. The van der Waals surface area contributed by atoms with Crippen molar-refractivity contribution in [3.63, 3.8) is 0 Å². The van der Waals surface area contributed by atoms with E-state index in [-0.39, 0.29) is 13.0 Å². The van der Waals surface area contributed by atoms with Crippen molar-refractivity contribution in [1.29, 1.82) is 0 Å². The molecule has 0 aliphatic rings. The largest absolute Gasteiger partial charge is 0.480 e. The van der Waals surface area contributed by atoms with Crippen molar-refractivity contribution >= 4 is 12.0 Å². The van der Waals surface area contributed by atoms with E-state index in [1.54, 1.807) is 0 Å². The summed E-state index contributed by atoms with van der Waals surface area (Å²) in [5, 5.41) is 13.9. The molecule has 0 aliphatic carbocycles. The molecule has 5 nitrogen and oxygen atoms in total. The predicted molar refractivity (Wildman–Crippen MR) is 72.7 cm³/mol. The lowest BCUT2D eigenvalue weighted by atomic mass is 9.97. The van der Waals surface area contributed by atoms with Gasteiger partial charge in [0.2, 0.25) is 0 Å². The van der Waals surface area contributed by atoms with Crippen LogP contribution in [0.15, 0.2) is 18.2 Å². The van der Waals surface area contributed by atoms with Crippen molar-refractivity contribution in [3.8, 4) is 0 Å². The highest BCUT2D eigenvalue weighted by Crippen LogP contribution is 2.12. The fraction of sp³-hybridized carbons (Fsp3) is 0.429. The molecule has 0 heterocycles. The number of carboxylic acid groups (broad SMARTS) is 1. The third-order valence-electron chi connectivity index (χ3n) is 3.05. The molecule has 0 aliphatic heterocycles. The zero-order valence-electron chi connectivity index (χ0n) is 11.9. The number of hydrogen-bond acceptors (Lipinski definition) is 2. The molecule has 1 unspecified atom stereocenters. The smallest absolute Gasteiger partial charge is 0.329 e. The molecule has 0 radical (unpaired) electrons. The molecule has 1 aromatic carbocycles. The minimum absolute atomic E-state index is 0.0368. The van der Waals surface area contributed by atoms with Gasteiger partial charge in [0, 0.05) is 6.54 Å². The van der Waals surface area contributed by atoms with E-state index in [1.807, 2.05) is 6.92 Å². The van der Waals surface area contributed by atoms with Gasteiger partial charge in [0.25, 0.3) is 0 Å². The fourth-order valence-electron chi connectivity index (χ4n) is 1.85. The Bertz CT molecular complexity index is 537. The Morgan fingerprint density at radius 1 is 1.29 bits per heavy atom. The van der Waals surface area contributed by atoms with E-state index in [9.17, 15) is 18.4 Å². The van der Waals surface area contributed by atoms with Gasteiger partial charge in [-0.25, -0.2) is 18.4 Å². The Labute approximate surface area is 121 Å². The molecule has 1 atom stereocenters. The average Bonchev–Trinajstić information content (AvgIpc) is 2.40. The van der Waals surface area contributed by atoms with Gasteiger partial charge in [-0.2, -0.15) is 0 Å². The average molecular weight is 300 g/mol. The summed E-state index contributed by atoms with van der Waals surface area (Å²) in [5.74, 6) is -3.10. The molecule has 116 valence electrons. The maximum atomic E-state index is 13.0. The first-order chi connectivity index (χ1) is 9.78. The van der Waals surface area contributed by atoms with E-state index < -0.39 is 29.2 Å². The molecule has 0 aromatic heterocycles. The second-order valence-electron chi connectivity index (χ2n) is 4.94. The van der Waals surface area contributed by atoms with E-state index in [0.717, 1.165) is 12.1 Å². The normalized spacial score (nSPS) is 13.3. The van der Waals surface area contributed by atoms with Gasteiger partial charge in [-0.3, -0.25) is 0 Å². The Morgan fingerprint density at radius 3 is 2.48 bits per heavy atom. The van der Waals surface area contributed by atoms with Gasteiger partial charge in [0.05, 0.1) is 0 Å². The molecule has 3 N–H and O–H groups in total. The zero-order chi connectivity index (χ0) is 16.0. The monoisotopic (exact) mass is 300 g/mol. The van der Waals surface area contributed by atoms with Gasteiger partial charge in [-0.05, 0) is 31.0 Å². The van der Waals surface area contributed by atoms with Crippen LogP contribution in [0.2, 0.25) is 0 Å². The topological polar surface area (TPSA) is 78.4 Å². The Kier molecular flexibility index (Phi) is 5.63. The van der Waals surface area contributed by atoms with E-state index >= 15 is 0 Å². The van der Waals surface area contributed by atoms with Gasteiger partial charge in [0.15, 0.2) is 11.6 Å². The van der Waals surface area contributed by atoms with Crippen molar-refractivity contribution in [3.05, 3.63) is 35.4 Å². The van der Waals surface area contributed by atoms with Crippen molar-refractivity contribution in [2.24, 2.45) is 0 Å². The number of amides is 2. The summed E-state index contributed by atoms with van der Waals surface area (Å²) in [6.07, 6.45) is 0.868. The lowest BCUT2D eigenvalue weighted by Gasteiger charge is -2.25. The fourth-order valence-corrected chi connectivity index (χ4v) is 1.85. The third-order valence-corrected chi connectivity index (χ3v) is 3.05. The number of carboxylic acids is 1. The van der Waals surface area contributed by atoms with Crippen LogP contribution in [0.5, 0.6) is 0 Å². The first-order valence-corrected chi connectivity index (χ1v) is 6.52. The van der Waals surface area contributed by atoms with Crippen LogP contribution in [0.25, 0.3) is 0 Å². The summed E-state index contributed by atoms with van der Waals surface area (Å²) in [5.41, 5.74) is -0.996. The molecule has 2 amide bonds. The van der Waals surface area contributed by atoms with Crippen LogP contribution in [0.3, 0.4) is 0 Å². The number of benzene rings is 1. The number of aliphatic carboxylic acids is 1. The molecule has 0 saturated heterocycles. The minimum Gasteiger partial charge on any atom is -0.480 e. The van der Waals surface area contributed by atoms with Gasteiger partial charge in [-0.1, -0.05) is 19.4 Å². The van der Waals surface area contributed by atoms with Gasteiger partial charge in [0.1, 0.15) is 5.54 Å². The van der Waals surface area contributed by atoms with Crippen LogP contribution in [0, 0.1) is 11.6 Å². The third kappa shape index (κ3) is 4.70. The highest BCUT2D eigenvalue weighted by molar-refractivity contribution is 5.85. The molecule has 7 heteroatoms. The summed E-state index contributed by atoms with van der Waals surface area (Å²) < 4.78 is 25.8. The molecular formula is C14H18F2N2O3. The zero-order valence-corrected chi connectivity index (χ0v) is 11.9. The Hall–Kier alpha value is -2.18. The maximum absolute atomic E-state index is 13.0. The van der Waals surface area contributed by atoms with Crippen LogP contribution in [-0.2, 0) is 11.3 Å². The number of urea groups is 1. The number of carbonyl (C=O) groups is 2. The lowest BCUT2D eigenvalue weighted by Crippen LogP contribution is -2.55. The molecule has 0 bridgehead atoms. The number of carbonyl (C=O) groups excluding carboxylic acids is 1.